The van der Waals surface area contributed by atoms with Gasteiger partial charge in [-0.05, 0) is 31.7 Å². The molecule has 4 rings (SSSR count). The number of nitrogens with zero attached hydrogens (tertiary/aromatic N) is 3. The molecule has 0 atom stereocenters. The maximum Gasteiger partial charge on any atom is 0.220 e. The minimum Gasteiger partial charge on any atom is -0.492 e. The van der Waals surface area contributed by atoms with Gasteiger partial charge in [0.2, 0.25) is 11.9 Å². The second kappa shape index (κ2) is 5.13. The first-order valence-corrected chi connectivity index (χ1v) is 8.68. The van der Waals surface area contributed by atoms with Gasteiger partial charge < -0.3 is 16.2 Å². The summed E-state index contributed by atoms with van der Waals surface area (Å²) < 4.78 is 5.91. The lowest BCUT2D eigenvalue weighted by Gasteiger charge is -2.45. The molecule has 0 radical (unpaired) electrons. The molecule has 6 nitrogen and oxygen atoms in total. The lowest BCUT2D eigenvalue weighted by Crippen LogP contribution is -2.58. The highest BCUT2D eigenvalue weighted by molar-refractivity contribution is 6.05. The lowest BCUT2D eigenvalue weighted by molar-refractivity contribution is 0.290. The Labute approximate surface area is 142 Å². The summed E-state index contributed by atoms with van der Waals surface area (Å²) in [7, 11) is 0. The Morgan fingerprint density at radius 1 is 1.12 bits per heavy atom. The SMILES string of the molecule is CC1(C)COc2cc(N3C(N)=NC(N)=NC34CCCCC4)ccc21. The van der Waals surface area contributed by atoms with Crippen LogP contribution in [0.25, 0.3) is 0 Å². The zero-order valence-electron chi connectivity index (χ0n) is 14.4. The second-order valence-electron chi connectivity index (χ2n) is 7.67. The molecule has 2 aliphatic heterocycles. The highest BCUT2D eigenvalue weighted by atomic mass is 16.5. The average molecular weight is 327 g/mol. The van der Waals surface area contributed by atoms with Gasteiger partial charge in [0.05, 0.1) is 6.61 Å². The van der Waals surface area contributed by atoms with Gasteiger partial charge in [-0.3, -0.25) is 4.90 Å². The zero-order valence-corrected chi connectivity index (χ0v) is 14.4. The number of guanidine groups is 2. The molecule has 128 valence electrons. The van der Waals surface area contributed by atoms with Crippen molar-refractivity contribution in [1.29, 1.82) is 0 Å². The fourth-order valence-corrected chi connectivity index (χ4v) is 4.16. The number of benzene rings is 1. The fourth-order valence-electron chi connectivity index (χ4n) is 4.16. The third-order valence-corrected chi connectivity index (χ3v) is 5.39. The van der Waals surface area contributed by atoms with E-state index in [2.05, 4.69) is 41.9 Å². The molecule has 2 heterocycles. The molecule has 6 heteroatoms. The first-order valence-electron chi connectivity index (χ1n) is 8.68. The van der Waals surface area contributed by atoms with Gasteiger partial charge >= 0.3 is 0 Å². The molecule has 3 aliphatic rings. The quantitative estimate of drug-likeness (QED) is 0.829. The molecule has 0 aromatic heterocycles. The van der Waals surface area contributed by atoms with E-state index in [1.807, 2.05) is 0 Å². The summed E-state index contributed by atoms with van der Waals surface area (Å²) in [6.45, 7) is 5.09. The normalized spacial score (nSPS) is 24.2. The van der Waals surface area contributed by atoms with E-state index in [0.29, 0.717) is 12.6 Å². The molecule has 1 aliphatic carbocycles. The number of aliphatic imine (C=N–C) groups is 2. The van der Waals surface area contributed by atoms with Crippen LogP contribution in [0, 0.1) is 0 Å². The van der Waals surface area contributed by atoms with Crippen molar-refractivity contribution in [2.75, 3.05) is 11.5 Å². The molecule has 1 saturated carbocycles. The molecular weight excluding hydrogens is 302 g/mol. The zero-order chi connectivity index (χ0) is 16.9. The summed E-state index contributed by atoms with van der Waals surface area (Å²) in [5.74, 6) is 1.63. The van der Waals surface area contributed by atoms with Crippen molar-refractivity contribution in [3.05, 3.63) is 23.8 Å². The summed E-state index contributed by atoms with van der Waals surface area (Å²) >= 11 is 0. The van der Waals surface area contributed by atoms with E-state index >= 15 is 0 Å². The second-order valence-corrected chi connectivity index (χ2v) is 7.67. The number of hydrogen-bond donors (Lipinski definition) is 2. The van der Waals surface area contributed by atoms with Gasteiger partial charge in [0.25, 0.3) is 0 Å². The van der Waals surface area contributed by atoms with Crippen LogP contribution in [0.4, 0.5) is 5.69 Å². The minimum absolute atomic E-state index is 0.0422. The highest BCUT2D eigenvalue weighted by Crippen LogP contribution is 2.44. The molecule has 24 heavy (non-hydrogen) atoms. The summed E-state index contributed by atoms with van der Waals surface area (Å²) in [5.41, 5.74) is 14.1. The molecule has 4 N–H and O–H groups in total. The van der Waals surface area contributed by atoms with E-state index < -0.39 is 5.66 Å². The number of rotatable bonds is 1. The summed E-state index contributed by atoms with van der Waals surface area (Å²) in [5, 5.41) is 0. The number of nitrogens with two attached hydrogens (primary N) is 2. The third-order valence-electron chi connectivity index (χ3n) is 5.39. The molecular formula is C18H25N5O. The van der Waals surface area contributed by atoms with Gasteiger partial charge in [0.15, 0.2) is 0 Å². The van der Waals surface area contributed by atoms with E-state index in [9.17, 15) is 0 Å². The van der Waals surface area contributed by atoms with Crippen LogP contribution in [0.1, 0.15) is 51.5 Å². The van der Waals surface area contributed by atoms with Gasteiger partial charge in [0, 0.05) is 22.7 Å². The molecule has 1 spiro atoms. The van der Waals surface area contributed by atoms with E-state index in [-0.39, 0.29) is 11.4 Å². The van der Waals surface area contributed by atoms with Crippen LogP contribution in [0.2, 0.25) is 0 Å². The molecule has 1 fully saturated rings. The van der Waals surface area contributed by atoms with Crippen LogP contribution in [-0.2, 0) is 5.41 Å². The molecule has 0 saturated heterocycles. The van der Waals surface area contributed by atoms with Crippen LogP contribution >= 0.6 is 0 Å². The topological polar surface area (TPSA) is 89.2 Å². The molecule has 0 amide bonds. The summed E-state index contributed by atoms with van der Waals surface area (Å²) in [4.78, 5) is 11.0. The standard InChI is InChI=1S/C18H25N5O/c1-17(2)11-24-14-10-12(6-7-13(14)17)23-16(20)21-15(19)22-18(23)8-4-3-5-9-18/h6-7,10H,3-5,8-9,11H2,1-2H3,(H4,19,20,21,22). The van der Waals surface area contributed by atoms with Crippen molar-refractivity contribution in [3.8, 4) is 5.75 Å². The van der Waals surface area contributed by atoms with Crippen LogP contribution in [-0.4, -0.2) is 24.2 Å². The Hall–Kier alpha value is -2.24. The van der Waals surface area contributed by atoms with Crippen molar-refractivity contribution in [1.82, 2.24) is 0 Å². The summed E-state index contributed by atoms with van der Waals surface area (Å²) in [6.07, 6.45) is 5.34. The van der Waals surface area contributed by atoms with E-state index in [4.69, 9.17) is 21.2 Å². The largest absolute Gasteiger partial charge is 0.492 e. The van der Waals surface area contributed by atoms with Crippen molar-refractivity contribution in [3.63, 3.8) is 0 Å². The van der Waals surface area contributed by atoms with Crippen LogP contribution in [0.15, 0.2) is 28.2 Å². The number of anilines is 1. The van der Waals surface area contributed by atoms with Crippen LogP contribution < -0.4 is 21.1 Å². The lowest BCUT2D eigenvalue weighted by atomic mass is 9.85. The van der Waals surface area contributed by atoms with Gasteiger partial charge in [0.1, 0.15) is 11.4 Å². The maximum atomic E-state index is 6.28. The first kappa shape index (κ1) is 15.3. The molecule has 1 aromatic carbocycles. The first-order chi connectivity index (χ1) is 11.4. The average Bonchev–Trinajstić information content (AvgIpc) is 2.82. The van der Waals surface area contributed by atoms with Gasteiger partial charge in [-0.25, -0.2) is 4.99 Å². The predicted octanol–water partition coefficient (Wildman–Crippen LogP) is 2.47. The predicted molar refractivity (Wildman–Crippen MR) is 96.5 cm³/mol. The van der Waals surface area contributed by atoms with Crippen LogP contribution in [0.3, 0.4) is 0 Å². The van der Waals surface area contributed by atoms with Gasteiger partial charge in [-0.2, -0.15) is 4.99 Å². The Morgan fingerprint density at radius 2 is 1.88 bits per heavy atom. The molecule has 1 aromatic rings. The number of fused-ring (bicyclic) bond motifs is 1. The molecule has 0 bridgehead atoms. The van der Waals surface area contributed by atoms with Crippen molar-refractivity contribution >= 4 is 17.6 Å². The maximum absolute atomic E-state index is 6.28. The Bertz CT molecular complexity index is 731. The number of hydrogen-bond acceptors (Lipinski definition) is 6. The monoisotopic (exact) mass is 327 g/mol. The Balaban J connectivity index is 1.78. The van der Waals surface area contributed by atoms with Gasteiger partial charge in [-0.15, -0.1) is 0 Å². The smallest absolute Gasteiger partial charge is 0.220 e. The number of ether oxygens (including phenoxy) is 1. The molecule has 0 unspecified atom stereocenters. The Morgan fingerprint density at radius 3 is 2.62 bits per heavy atom. The minimum atomic E-state index is -0.406. The highest BCUT2D eigenvalue weighted by Gasteiger charge is 2.43. The Kier molecular flexibility index (Phi) is 3.27. The fraction of sp³-hybridized carbons (Fsp3) is 0.556. The van der Waals surface area contributed by atoms with Crippen molar-refractivity contribution in [2.24, 2.45) is 21.5 Å². The van der Waals surface area contributed by atoms with E-state index in [1.165, 1.54) is 12.0 Å². The van der Waals surface area contributed by atoms with E-state index in [0.717, 1.165) is 37.1 Å². The van der Waals surface area contributed by atoms with Gasteiger partial charge in [-0.1, -0.05) is 26.3 Å². The van der Waals surface area contributed by atoms with E-state index in [1.54, 1.807) is 0 Å². The van der Waals surface area contributed by atoms with Crippen LogP contribution in [0.5, 0.6) is 5.75 Å². The third kappa shape index (κ3) is 2.24. The summed E-state index contributed by atoms with van der Waals surface area (Å²) in [6, 6.07) is 6.31. The van der Waals surface area contributed by atoms with Crippen molar-refractivity contribution in [2.45, 2.75) is 57.0 Å². The van der Waals surface area contributed by atoms with Crippen molar-refractivity contribution < 1.29 is 4.74 Å².